The molecule has 4 nitrogen and oxygen atoms in total. The van der Waals surface area contributed by atoms with Crippen molar-refractivity contribution in [3.05, 3.63) is 29.8 Å². The van der Waals surface area contributed by atoms with Crippen molar-refractivity contribution in [3.63, 3.8) is 0 Å². The normalized spacial score (nSPS) is 25.6. The lowest BCUT2D eigenvalue weighted by molar-refractivity contribution is -0.0942. The first-order chi connectivity index (χ1) is 9.32. The molecule has 0 aliphatic carbocycles. The van der Waals surface area contributed by atoms with Gasteiger partial charge in [-0.2, -0.15) is 0 Å². The number of hydrogen-bond acceptors (Lipinski definition) is 4. The Morgan fingerprint density at radius 1 is 1.32 bits per heavy atom. The molecule has 2 aliphatic rings. The van der Waals surface area contributed by atoms with Crippen molar-refractivity contribution < 1.29 is 14.2 Å². The first-order valence-corrected chi connectivity index (χ1v) is 6.87. The molecule has 0 spiro atoms. The molecule has 2 heterocycles. The Balaban J connectivity index is 1.73. The Morgan fingerprint density at radius 3 is 2.63 bits per heavy atom. The summed E-state index contributed by atoms with van der Waals surface area (Å²) in [7, 11) is 1.69. The van der Waals surface area contributed by atoms with E-state index in [2.05, 4.69) is 17.4 Å². The van der Waals surface area contributed by atoms with E-state index >= 15 is 0 Å². The van der Waals surface area contributed by atoms with Crippen LogP contribution in [-0.2, 0) is 14.9 Å². The van der Waals surface area contributed by atoms with E-state index in [1.807, 2.05) is 12.1 Å². The highest BCUT2D eigenvalue weighted by molar-refractivity contribution is 5.34. The Labute approximate surface area is 114 Å². The fraction of sp³-hybridized carbons (Fsp3) is 0.600. The third kappa shape index (κ3) is 2.61. The molecule has 4 heteroatoms. The maximum absolute atomic E-state index is 5.83. The van der Waals surface area contributed by atoms with Crippen molar-refractivity contribution >= 4 is 0 Å². The van der Waals surface area contributed by atoms with Crippen LogP contribution in [0.4, 0.5) is 0 Å². The second-order valence-electron chi connectivity index (χ2n) is 5.40. The van der Waals surface area contributed by atoms with Crippen LogP contribution in [0.1, 0.15) is 12.0 Å². The Hall–Kier alpha value is -1.10. The standard InChI is InChI=1S/C15H21NO3/c1-17-13-4-2-12(3-5-13)15(10-18-11-15)8-14-9-16-6-7-19-14/h2-5,14,16H,6-11H2,1H3. The van der Waals surface area contributed by atoms with E-state index in [1.165, 1.54) is 5.56 Å². The minimum Gasteiger partial charge on any atom is -0.497 e. The quantitative estimate of drug-likeness (QED) is 0.890. The van der Waals surface area contributed by atoms with Gasteiger partial charge in [0.2, 0.25) is 0 Å². The van der Waals surface area contributed by atoms with Gasteiger partial charge in [0.25, 0.3) is 0 Å². The third-order valence-corrected chi connectivity index (χ3v) is 4.08. The molecule has 104 valence electrons. The summed E-state index contributed by atoms with van der Waals surface area (Å²) in [5, 5.41) is 3.39. The summed E-state index contributed by atoms with van der Waals surface area (Å²) in [4.78, 5) is 0. The maximum Gasteiger partial charge on any atom is 0.118 e. The third-order valence-electron chi connectivity index (χ3n) is 4.08. The minimum atomic E-state index is 0.121. The number of benzene rings is 1. The average Bonchev–Trinajstić information content (AvgIpc) is 2.44. The van der Waals surface area contributed by atoms with E-state index in [0.717, 1.165) is 45.1 Å². The SMILES string of the molecule is COc1ccc(C2(CC3CNCCO3)COC2)cc1. The summed E-state index contributed by atoms with van der Waals surface area (Å²) in [6.07, 6.45) is 1.31. The predicted octanol–water partition coefficient (Wildman–Crippen LogP) is 1.34. The van der Waals surface area contributed by atoms with Crippen LogP contribution in [0.3, 0.4) is 0 Å². The van der Waals surface area contributed by atoms with Crippen LogP contribution >= 0.6 is 0 Å². The highest BCUT2D eigenvalue weighted by Gasteiger charge is 2.42. The molecule has 0 saturated carbocycles. The minimum absolute atomic E-state index is 0.121. The molecule has 2 saturated heterocycles. The largest absolute Gasteiger partial charge is 0.497 e. The lowest BCUT2D eigenvalue weighted by atomic mass is 9.74. The number of hydrogen-bond donors (Lipinski definition) is 1. The number of rotatable bonds is 4. The van der Waals surface area contributed by atoms with Gasteiger partial charge in [0, 0.05) is 18.5 Å². The van der Waals surface area contributed by atoms with E-state index in [0.29, 0.717) is 6.10 Å². The Kier molecular flexibility index (Phi) is 3.73. The number of morpholine rings is 1. The highest BCUT2D eigenvalue weighted by atomic mass is 16.5. The Bertz CT molecular complexity index is 408. The second kappa shape index (κ2) is 5.49. The first-order valence-electron chi connectivity index (χ1n) is 6.87. The fourth-order valence-corrected chi connectivity index (χ4v) is 2.88. The van der Waals surface area contributed by atoms with Gasteiger partial charge in [-0.3, -0.25) is 0 Å². The molecule has 19 heavy (non-hydrogen) atoms. The van der Waals surface area contributed by atoms with Crippen LogP contribution < -0.4 is 10.1 Å². The van der Waals surface area contributed by atoms with Crippen molar-refractivity contribution in [2.75, 3.05) is 40.0 Å². The molecule has 2 fully saturated rings. The van der Waals surface area contributed by atoms with Gasteiger partial charge in [-0.15, -0.1) is 0 Å². The van der Waals surface area contributed by atoms with Gasteiger partial charge < -0.3 is 19.5 Å². The van der Waals surface area contributed by atoms with Crippen LogP contribution in [0.2, 0.25) is 0 Å². The lowest BCUT2D eigenvalue weighted by Gasteiger charge is -2.44. The van der Waals surface area contributed by atoms with Crippen LogP contribution in [0, 0.1) is 0 Å². The fourth-order valence-electron chi connectivity index (χ4n) is 2.88. The van der Waals surface area contributed by atoms with Gasteiger partial charge in [-0.1, -0.05) is 12.1 Å². The van der Waals surface area contributed by atoms with Gasteiger partial charge in [-0.05, 0) is 24.1 Å². The molecular weight excluding hydrogens is 242 g/mol. The highest BCUT2D eigenvalue weighted by Crippen LogP contribution is 2.38. The molecule has 0 radical (unpaired) electrons. The second-order valence-corrected chi connectivity index (χ2v) is 5.40. The van der Waals surface area contributed by atoms with Gasteiger partial charge in [-0.25, -0.2) is 0 Å². The topological polar surface area (TPSA) is 39.7 Å². The molecule has 1 N–H and O–H groups in total. The van der Waals surface area contributed by atoms with E-state index in [-0.39, 0.29) is 5.41 Å². The molecule has 0 bridgehead atoms. The predicted molar refractivity (Wildman–Crippen MR) is 72.7 cm³/mol. The van der Waals surface area contributed by atoms with Crippen LogP contribution in [0.25, 0.3) is 0 Å². The van der Waals surface area contributed by atoms with Crippen LogP contribution in [0.5, 0.6) is 5.75 Å². The molecule has 1 atom stereocenters. The maximum atomic E-state index is 5.83. The smallest absolute Gasteiger partial charge is 0.118 e. The monoisotopic (exact) mass is 263 g/mol. The first kappa shape index (κ1) is 12.9. The summed E-state index contributed by atoms with van der Waals surface area (Å²) in [5.41, 5.74) is 1.45. The Morgan fingerprint density at radius 2 is 2.11 bits per heavy atom. The van der Waals surface area contributed by atoms with Gasteiger partial charge in [0.05, 0.1) is 33.0 Å². The zero-order chi connectivity index (χ0) is 13.1. The van der Waals surface area contributed by atoms with Crippen molar-refractivity contribution in [1.82, 2.24) is 5.32 Å². The zero-order valence-corrected chi connectivity index (χ0v) is 11.4. The number of ether oxygens (including phenoxy) is 3. The summed E-state index contributed by atoms with van der Waals surface area (Å²) in [5.74, 6) is 0.898. The molecule has 1 aromatic rings. The van der Waals surface area contributed by atoms with Crippen molar-refractivity contribution in [2.45, 2.75) is 17.9 Å². The molecule has 1 aromatic carbocycles. The summed E-state index contributed by atoms with van der Waals surface area (Å²) in [6.45, 7) is 4.29. The van der Waals surface area contributed by atoms with Crippen molar-refractivity contribution in [1.29, 1.82) is 0 Å². The van der Waals surface area contributed by atoms with Gasteiger partial charge in [0.1, 0.15) is 5.75 Å². The van der Waals surface area contributed by atoms with Crippen molar-refractivity contribution in [2.24, 2.45) is 0 Å². The molecule has 0 amide bonds. The van der Waals surface area contributed by atoms with Crippen LogP contribution in [-0.4, -0.2) is 46.1 Å². The zero-order valence-electron chi connectivity index (χ0n) is 11.4. The molecule has 2 aliphatic heterocycles. The lowest BCUT2D eigenvalue weighted by Crippen LogP contribution is -2.52. The summed E-state index contributed by atoms with van der Waals surface area (Å²) >= 11 is 0. The number of nitrogens with one attached hydrogen (secondary N) is 1. The van der Waals surface area contributed by atoms with E-state index in [4.69, 9.17) is 14.2 Å². The molecule has 0 aromatic heterocycles. The summed E-state index contributed by atoms with van der Waals surface area (Å²) < 4.78 is 16.5. The van der Waals surface area contributed by atoms with E-state index in [1.54, 1.807) is 7.11 Å². The van der Waals surface area contributed by atoms with Crippen LogP contribution in [0.15, 0.2) is 24.3 Å². The van der Waals surface area contributed by atoms with Crippen molar-refractivity contribution in [3.8, 4) is 5.75 Å². The van der Waals surface area contributed by atoms with E-state index < -0.39 is 0 Å². The molecule has 3 rings (SSSR count). The van der Waals surface area contributed by atoms with Gasteiger partial charge in [0.15, 0.2) is 0 Å². The average molecular weight is 263 g/mol. The molecular formula is C15H21NO3. The number of methoxy groups -OCH3 is 1. The molecule has 1 unspecified atom stereocenters. The van der Waals surface area contributed by atoms with Gasteiger partial charge >= 0.3 is 0 Å². The van der Waals surface area contributed by atoms with E-state index in [9.17, 15) is 0 Å². The summed E-state index contributed by atoms with van der Waals surface area (Å²) in [6, 6.07) is 8.35.